The summed E-state index contributed by atoms with van der Waals surface area (Å²) in [5.41, 5.74) is 11.2. The molecule has 6 nitrogen and oxygen atoms in total. The zero-order valence-corrected chi connectivity index (χ0v) is 20.8. The largest absolute Gasteiger partial charge is 0.387 e. The summed E-state index contributed by atoms with van der Waals surface area (Å²) in [5.74, 6) is 0.509. The lowest BCUT2D eigenvalue weighted by Gasteiger charge is -2.22. The second-order valence-electron chi connectivity index (χ2n) is 8.57. The lowest BCUT2D eigenvalue weighted by atomic mass is 9.99. The molecule has 0 saturated carbocycles. The topological polar surface area (TPSA) is 79.0 Å². The van der Waals surface area contributed by atoms with Crippen LogP contribution in [0.4, 0.5) is 5.69 Å². The van der Waals surface area contributed by atoms with Crippen LogP contribution in [0.25, 0.3) is 17.2 Å². The number of rotatable bonds is 9. The van der Waals surface area contributed by atoms with Gasteiger partial charge < -0.3 is 15.5 Å². The standard InChI is InChI=1S/C28H36N4O2/c1-5-15-32(16-6-2)28(34)24-17-23-14-13-22(18-25(23)30-26(29)19-24)20-9-11-21(12-10-20)27(33)31(7-3)8-4/h9-14,17-18H,5-8,15-16,19H2,1-4H3,(H2,29,30). The highest BCUT2D eigenvalue weighted by Crippen LogP contribution is 2.32. The van der Waals surface area contributed by atoms with Crippen molar-refractivity contribution in [1.29, 1.82) is 0 Å². The third-order valence-electron chi connectivity index (χ3n) is 6.06. The second-order valence-corrected chi connectivity index (χ2v) is 8.57. The lowest BCUT2D eigenvalue weighted by molar-refractivity contribution is -0.127. The van der Waals surface area contributed by atoms with Gasteiger partial charge in [0.05, 0.1) is 5.69 Å². The van der Waals surface area contributed by atoms with Crippen LogP contribution in [-0.2, 0) is 4.79 Å². The molecule has 1 aliphatic rings. The first-order valence-electron chi connectivity index (χ1n) is 12.3. The maximum absolute atomic E-state index is 13.2. The van der Waals surface area contributed by atoms with E-state index in [9.17, 15) is 9.59 Å². The number of hydrogen-bond acceptors (Lipinski definition) is 4. The van der Waals surface area contributed by atoms with Crippen molar-refractivity contribution in [3.63, 3.8) is 0 Å². The van der Waals surface area contributed by atoms with Gasteiger partial charge in [-0.1, -0.05) is 38.1 Å². The van der Waals surface area contributed by atoms with Gasteiger partial charge in [0.25, 0.3) is 5.91 Å². The summed E-state index contributed by atoms with van der Waals surface area (Å²) in [6.07, 6.45) is 4.10. The van der Waals surface area contributed by atoms with Crippen molar-refractivity contribution in [2.45, 2.75) is 47.0 Å². The summed E-state index contributed by atoms with van der Waals surface area (Å²) in [7, 11) is 0. The molecular formula is C28H36N4O2. The van der Waals surface area contributed by atoms with Crippen LogP contribution < -0.4 is 5.73 Å². The second kappa shape index (κ2) is 11.6. The van der Waals surface area contributed by atoms with E-state index in [0.717, 1.165) is 48.3 Å². The van der Waals surface area contributed by atoms with Gasteiger partial charge in [0, 0.05) is 49.3 Å². The predicted molar refractivity (Wildman–Crippen MR) is 140 cm³/mol. The van der Waals surface area contributed by atoms with E-state index < -0.39 is 0 Å². The lowest BCUT2D eigenvalue weighted by Crippen LogP contribution is -2.34. The van der Waals surface area contributed by atoms with E-state index in [1.807, 2.05) is 72.2 Å². The molecule has 0 aromatic heterocycles. The molecule has 0 radical (unpaired) electrons. The molecule has 0 unspecified atom stereocenters. The number of fused-ring (bicyclic) bond motifs is 1. The SMILES string of the molecule is CCCN(CCC)C(=O)C1=Cc2ccc(-c3ccc(C(=O)N(CC)CC)cc3)cc2N=C(N)C1. The van der Waals surface area contributed by atoms with Crippen LogP contribution in [0.5, 0.6) is 0 Å². The number of carbonyl (C=O) groups is 2. The minimum atomic E-state index is 0.0345. The quantitative estimate of drug-likeness (QED) is 0.554. The van der Waals surface area contributed by atoms with Crippen molar-refractivity contribution in [3.8, 4) is 11.1 Å². The fourth-order valence-corrected chi connectivity index (χ4v) is 4.26. The van der Waals surface area contributed by atoms with Crippen LogP contribution >= 0.6 is 0 Å². The summed E-state index contributed by atoms with van der Waals surface area (Å²) in [4.78, 5) is 34.1. The van der Waals surface area contributed by atoms with Crippen LogP contribution in [0.3, 0.4) is 0 Å². The van der Waals surface area contributed by atoms with Gasteiger partial charge in [-0.2, -0.15) is 0 Å². The molecule has 0 atom stereocenters. The fourth-order valence-electron chi connectivity index (χ4n) is 4.26. The molecule has 2 N–H and O–H groups in total. The Morgan fingerprint density at radius 2 is 1.47 bits per heavy atom. The number of carbonyl (C=O) groups excluding carboxylic acids is 2. The molecule has 1 aliphatic heterocycles. The van der Waals surface area contributed by atoms with Crippen LogP contribution in [-0.4, -0.2) is 53.6 Å². The molecule has 3 rings (SSSR count). The molecule has 2 amide bonds. The van der Waals surface area contributed by atoms with Crippen molar-refractivity contribution < 1.29 is 9.59 Å². The highest BCUT2D eigenvalue weighted by atomic mass is 16.2. The predicted octanol–water partition coefficient (Wildman–Crippen LogP) is 5.26. The Hall–Kier alpha value is -3.41. The highest BCUT2D eigenvalue weighted by Gasteiger charge is 2.21. The third kappa shape index (κ3) is 5.74. The van der Waals surface area contributed by atoms with Crippen molar-refractivity contribution >= 4 is 29.4 Å². The molecule has 34 heavy (non-hydrogen) atoms. The van der Waals surface area contributed by atoms with Crippen LogP contribution in [0.1, 0.15) is 62.9 Å². The number of hydrogen-bond donors (Lipinski definition) is 1. The zero-order valence-electron chi connectivity index (χ0n) is 20.8. The van der Waals surface area contributed by atoms with Crippen molar-refractivity contribution in [2.75, 3.05) is 26.2 Å². The maximum atomic E-state index is 13.2. The van der Waals surface area contributed by atoms with Gasteiger partial charge in [0.1, 0.15) is 5.84 Å². The molecule has 6 heteroatoms. The Bertz CT molecular complexity index is 1080. The highest BCUT2D eigenvalue weighted by molar-refractivity contribution is 6.05. The summed E-state index contributed by atoms with van der Waals surface area (Å²) in [6.45, 7) is 11.0. The van der Waals surface area contributed by atoms with Gasteiger partial charge in [-0.05, 0) is 62.1 Å². The summed E-state index contributed by atoms with van der Waals surface area (Å²) >= 11 is 0. The Morgan fingerprint density at radius 1 is 0.853 bits per heavy atom. The molecule has 0 aliphatic carbocycles. The number of amidine groups is 1. The molecule has 0 bridgehead atoms. The number of nitrogens with zero attached hydrogens (tertiary/aromatic N) is 3. The minimum Gasteiger partial charge on any atom is -0.387 e. The van der Waals surface area contributed by atoms with Crippen molar-refractivity contribution in [3.05, 3.63) is 59.2 Å². The smallest absolute Gasteiger partial charge is 0.253 e. The van der Waals surface area contributed by atoms with E-state index in [-0.39, 0.29) is 11.8 Å². The number of nitrogens with two attached hydrogens (primary N) is 1. The molecular weight excluding hydrogens is 424 g/mol. The van der Waals surface area contributed by atoms with E-state index in [1.165, 1.54) is 0 Å². The van der Waals surface area contributed by atoms with E-state index in [1.54, 1.807) is 0 Å². The summed E-state index contributed by atoms with van der Waals surface area (Å²) in [5, 5.41) is 0. The molecule has 180 valence electrons. The van der Waals surface area contributed by atoms with Crippen molar-refractivity contribution in [2.24, 2.45) is 10.7 Å². The van der Waals surface area contributed by atoms with Gasteiger partial charge >= 0.3 is 0 Å². The zero-order chi connectivity index (χ0) is 24.7. The van der Waals surface area contributed by atoms with Crippen LogP contribution in [0.15, 0.2) is 53.0 Å². The molecule has 2 aromatic carbocycles. The monoisotopic (exact) mass is 460 g/mol. The van der Waals surface area contributed by atoms with Crippen molar-refractivity contribution in [1.82, 2.24) is 9.80 Å². The Labute approximate surface area is 203 Å². The summed E-state index contributed by atoms with van der Waals surface area (Å²) < 4.78 is 0. The van der Waals surface area contributed by atoms with E-state index in [4.69, 9.17) is 5.73 Å². The third-order valence-corrected chi connectivity index (χ3v) is 6.06. The fraction of sp³-hybridized carbons (Fsp3) is 0.393. The Kier molecular flexibility index (Phi) is 8.63. The molecule has 0 saturated heterocycles. The Morgan fingerprint density at radius 3 is 2.06 bits per heavy atom. The van der Waals surface area contributed by atoms with E-state index in [2.05, 4.69) is 18.8 Å². The number of amides is 2. The van der Waals surface area contributed by atoms with Crippen LogP contribution in [0.2, 0.25) is 0 Å². The van der Waals surface area contributed by atoms with Gasteiger partial charge in [0.15, 0.2) is 0 Å². The van der Waals surface area contributed by atoms with Gasteiger partial charge in [-0.15, -0.1) is 0 Å². The molecule has 0 spiro atoms. The first-order chi connectivity index (χ1) is 16.4. The van der Waals surface area contributed by atoms with E-state index in [0.29, 0.717) is 36.5 Å². The Balaban J connectivity index is 1.89. The molecule has 2 aromatic rings. The average molecular weight is 461 g/mol. The minimum absolute atomic E-state index is 0.0345. The summed E-state index contributed by atoms with van der Waals surface area (Å²) in [6, 6.07) is 13.6. The van der Waals surface area contributed by atoms with Crippen LogP contribution in [0, 0.1) is 0 Å². The first-order valence-corrected chi connectivity index (χ1v) is 12.3. The average Bonchev–Trinajstić information content (AvgIpc) is 3.01. The molecule has 0 fully saturated rings. The van der Waals surface area contributed by atoms with Gasteiger partial charge in [-0.25, -0.2) is 4.99 Å². The van der Waals surface area contributed by atoms with E-state index >= 15 is 0 Å². The maximum Gasteiger partial charge on any atom is 0.253 e. The number of aliphatic imine (C=N–C) groups is 1. The molecule has 1 heterocycles. The van der Waals surface area contributed by atoms with Gasteiger partial charge in [0.2, 0.25) is 5.91 Å². The number of benzene rings is 2. The normalized spacial score (nSPS) is 12.8. The van der Waals surface area contributed by atoms with Gasteiger partial charge in [-0.3, -0.25) is 9.59 Å². The first kappa shape index (κ1) is 25.2.